The van der Waals surface area contributed by atoms with Crippen LogP contribution in [0.5, 0.6) is 0 Å². The first-order chi connectivity index (χ1) is 10.4. The number of carboxylic acids is 1. The Morgan fingerprint density at radius 1 is 1.09 bits per heavy atom. The molecule has 0 atom stereocenters. The first kappa shape index (κ1) is 14.1. The number of fused-ring (bicyclic) bond motifs is 1. The van der Waals surface area contributed by atoms with Crippen molar-refractivity contribution in [1.29, 1.82) is 0 Å². The molecule has 0 fully saturated rings. The number of carbonyl (C=O) groups is 1. The molecule has 0 radical (unpaired) electrons. The Morgan fingerprint density at radius 2 is 1.77 bits per heavy atom. The van der Waals surface area contributed by atoms with Crippen molar-refractivity contribution >= 4 is 16.7 Å². The number of halogens is 3. The van der Waals surface area contributed by atoms with Crippen molar-refractivity contribution in [3.8, 4) is 11.3 Å². The van der Waals surface area contributed by atoms with Crippen molar-refractivity contribution in [2.75, 3.05) is 0 Å². The molecule has 22 heavy (non-hydrogen) atoms. The van der Waals surface area contributed by atoms with Crippen molar-refractivity contribution < 1.29 is 23.1 Å². The van der Waals surface area contributed by atoms with Crippen molar-refractivity contribution in [3.63, 3.8) is 0 Å². The second-order valence-corrected chi connectivity index (χ2v) is 4.65. The SMILES string of the molecule is O=C(O)c1c(-c2cccc3ccccc23)n[nH]c1C(F)(F)F. The van der Waals surface area contributed by atoms with Crippen molar-refractivity contribution in [1.82, 2.24) is 10.2 Å². The number of alkyl halides is 3. The number of H-pyrrole nitrogens is 1. The van der Waals surface area contributed by atoms with Gasteiger partial charge in [0.15, 0.2) is 5.69 Å². The third-order valence-corrected chi connectivity index (χ3v) is 3.31. The maximum Gasteiger partial charge on any atom is 0.433 e. The normalized spacial score (nSPS) is 11.8. The average Bonchev–Trinajstić information content (AvgIpc) is 2.91. The van der Waals surface area contributed by atoms with Gasteiger partial charge in [0.1, 0.15) is 11.3 Å². The maximum absolute atomic E-state index is 12.9. The molecule has 0 aliphatic rings. The van der Waals surface area contributed by atoms with Gasteiger partial charge in [-0.25, -0.2) is 4.79 Å². The van der Waals surface area contributed by atoms with Crippen molar-refractivity contribution in [3.05, 3.63) is 53.7 Å². The zero-order chi connectivity index (χ0) is 15.9. The molecule has 0 amide bonds. The minimum absolute atomic E-state index is 0.225. The van der Waals surface area contributed by atoms with Crippen LogP contribution in [0.15, 0.2) is 42.5 Å². The number of aromatic carboxylic acids is 1. The van der Waals surface area contributed by atoms with Crippen LogP contribution < -0.4 is 0 Å². The third-order valence-electron chi connectivity index (χ3n) is 3.31. The van der Waals surface area contributed by atoms with Crippen LogP contribution in [-0.2, 0) is 6.18 Å². The molecule has 112 valence electrons. The Bertz CT molecular complexity index is 863. The van der Waals surface area contributed by atoms with Crippen LogP contribution in [0.2, 0.25) is 0 Å². The van der Waals surface area contributed by atoms with E-state index in [1.807, 2.05) is 0 Å². The number of aromatic nitrogens is 2. The lowest BCUT2D eigenvalue weighted by Gasteiger charge is -2.07. The molecule has 0 bridgehead atoms. The van der Waals surface area contributed by atoms with E-state index in [4.69, 9.17) is 0 Å². The second kappa shape index (κ2) is 4.87. The number of carboxylic acid groups (broad SMARTS) is 1. The maximum atomic E-state index is 12.9. The number of hydrogen-bond donors (Lipinski definition) is 2. The lowest BCUT2D eigenvalue weighted by molar-refractivity contribution is -0.141. The van der Waals surface area contributed by atoms with Crippen molar-refractivity contribution in [2.45, 2.75) is 6.18 Å². The molecular weight excluding hydrogens is 297 g/mol. The van der Waals surface area contributed by atoms with Gasteiger partial charge in [-0.3, -0.25) is 5.10 Å². The molecule has 0 saturated heterocycles. The van der Waals surface area contributed by atoms with E-state index >= 15 is 0 Å². The Morgan fingerprint density at radius 3 is 2.45 bits per heavy atom. The summed E-state index contributed by atoms with van der Waals surface area (Å²) in [7, 11) is 0. The number of aromatic amines is 1. The van der Waals surface area contributed by atoms with Crippen molar-refractivity contribution in [2.24, 2.45) is 0 Å². The quantitative estimate of drug-likeness (QED) is 0.753. The zero-order valence-corrected chi connectivity index (χ0v) is 11.0. The highest BCUT2D eigenvalue weighted by molar-refractivity contribution is 6.03. The van der Waals surface area contributed by atoms with Crippen LogP contribution in [0.25, 0.3) is 22.0 Å². The summed E-state index contributed by atoms with van der Waals surface area (Å²) in [6, 6.07) is 12.0. The van der Waals surface area contributed by atoms with Gasteiger partial charge in [0, 0.05) is 5.56 Å². The standard InChI is InChI=1S/C15H9F3N2O2/c16-15(17,18)13-11(14(21)22)12(19-20-13)10-7-3-5-8-4-1-2-6-9(8)10/h1-7H,(H,19,20)(H,21,22). The lowest BCUT2D eigenvalue weighted by atomic mass is 9.99. The average molecular weight is 306 g/mol. The summed E-state index contributed by atoms with van der Waals surface area (Å²) in [6.07, 6.45) is -4.82. The monoisotopic (exact) mass is 306 g/mol. The van der Waals surface area contributed by atoms with E-state index in [2.05, 4.69) is 5.10 Å². The molecule has 0 saturated carbocycles. The fourth-order valence-corrected chi connectivity index (χ4v) is 2.38. The van der Waals surface area contributed by atoms with Gasteiger partial charge in [-0.2, -0.15) is 18.3 Å². The molecule has 2 N–H and O–H groups in total. The third kappa shape index (κ3) is 2.20. The Labute approximate surface area is 122 Å². The molecule has 1 aromatic heterocycles. The Hall–Kier alpha value is -2.83. The summed E-state index contributed by atoms with van der Waals surface area (Å²) in [5, 5.41) is 16.0. The van der Waals surface area contributed by atoms with E-state index in [9.17, 15) is 23.1 Å². The second-order valence-electron chi connectivity index (χ2n) is 4.65. The highest BCUT2D eigenvalue weighted by atomic mass is 19.4. The lowest BCUT2D eigenvalue weighted by Crippen LogP contribution is -2.12. The van der Waals surface area contributed by atoms with Gasteiger partial charge >= 0.3 is 12.1 Å². The van der Waals surface area contributed by atoms with E-state index in [0.717, 1.165) is 5.39 Å². The molecule has 2 aromatic carbocycles. The van der Waals surface area contributed by atoms with E-state index in [0.29, 0.717) is 10.9 Å². The molecule has 4 nitrogen and oxygen atoms in total. The van der Waals surface area contributed by atoms with E-state index < -0.39 is 23.4 Å². The fourth-order valence-electron chi connectivity index (χ4n) is 2.38. The van der Waals surface area contributed by atoms with Crippen LogP contribution in [0.3, 0.4) is 0 Å². The van der Waals surface area contributed by atoms with Crippen LogP contribution in [-0.4, -0.2) is 21.3 Å². The van der Waals surface area contributed by atoms with E-state index in [-0.39, 0.29) is 5.69 Å². The van der Waals surface area contributed by atoms with Gasteiger partial charge in [-0.05, 0) is 10.8 Å². The Balaban J connectivity index is 2.33. The summed E-state index contributed by atoms with van der Waals surface area (Å²) in [5.74, 6) is -1.68. The molecule has 0 unspecified atom stereocenters. The molecule has 0 spiro atoms. The largest absolute Gasteiger partial charge is 0.478 e. The number of hydrogen-bond acceptors (Lipinski definition) is 2. The molecule has 3 aromatic rings. The molecule has 7 heteroatoms. The predicted molar refractivity (Wildman–Crippen MR) is 73.5 cm³/mol. The van der Waals surface area contributed by atoms with Crippen LogP contribution in [0.4, 0.5) is 13.2 Å². The van der Waals surface area contributed by atoms with Crippen LogP contribution in [0, 0.1) is 0 Å². The van der Waals surface area contributed by atoms with Crippen LogP contribution >= 0.6 is 0 Å². The van der Waals surface area contributed by atoms with Gasteiger partial charge in [0.25, 0.3) is 0 Å². The topological polar surface area (TPSA) is 66.0 Å². The number of nitrogens with one attached hydrogen (secondary N) is 1. The van der Waals surface area contributed by atoms with Gasteiger partial charge in [-0.1, -0.05) is 42.5 Å². The van der Waals surface area contributed by atoms with E-state index in [1.165, 1.54) is 0 Å². The smallest absolute Gasteiger partial charge is 0.433 e. The highest BCUT2D eigenvalue weighted by Gasteiger charge is 2.40. The van der Waals surface area contributed by atoms with Gasteiger partial charge < -0.3 is 5.11 Å². The first-order valence-electron chi connectivity index (χ1n) is 6.26. The molecular formula is C15H9F3N2O2. The predicted octanol–water partition coefficient (Wildman–Crippen LogP) is 3.95. The minimum Gasteiger partial charge on any atom is -0.478 e. The molecule has 0 aliphatic carbocycles. The molecule has 0 aliphatic heterocycles. The summed E-state index contributed by atoms with van der Waals surface area (Å²) in [6.45, 7) is 0. The summed E-state index contributed by atoms with van der Waals surface area (Å²) in [5.41, 5.74) is -2.12. The summed E-state index contributed by atoms with van der Waals surface area (Å²) in [4.78, 5) is 11.3. The minimum atomic E-state index is -4.82. The number of nitrogens with zero attached hydrogens (tertiary/aromatic N) is 1. The highest BCUT2D eigenvalue weighted by Crippen LogP contribution is 2.37. The zero-order valence-electron chi connectivity index (χ0n) is 11.0. The van der Waals surface area contributed by atoms with Gasteiger partial charge in [0.2, 0.25) is 0 Å². The van der Waals surface area contributed by atoms with E-state index in [1.54, 1.807) is 47.6 Å². The Kier molecular flexibility index (Phi) is 3.13. The molecule has 3 rings (SSSR count). The summed E-state index contributed by atoms with van der Waals surface area (Å²) < 4.78 is 38.8. The van der Waals surface area contributed by atoms with Gasteiger partial charge in [-0.15, -0.1) is 0 Å². The first-order valence-corrected chi connectivity index (χ1v) is 6.26. The van der Waals surface area contributed by atoms with Crippen LogP contribution in [0.1, 0.15) is 16.1 Å². The number of rotatable bonds is 2. The fraction of sp³-hybridized carbons (Fsp3) is 0.0667. The number of benzene rings is 2. The summed E-state index contributed by atoms with van der Waals surface area (Å²) >= 11 is 0. The molecule has 1 heterocycles. The van der Waals surface area contributed by atoms with Gasteiger partial charge in [0.05, 0.1) is 0 Å².